The number of hydrogen-bond acceptors (Lipinski definition) is 3. The fourth-order valence-electron chi connectivity index (χ4n) is 2.25. The topological polar surface area (TPSA) is 18.5 Å². The first kappa shape index (κ1) is 13.5. The van der Waals surface area contributed by atoms with Gasteiger partial charge in [-0.05, 0) is 31.2 Å². The molecule has 1 unspecified atom stereocenters. The summed E-state index contributed by atoms with van der Waals surface area (Å²) in [6.45, 7) is 6.40. The molecule has 1 saturated heterocycles. The van der Waals surface area contributed by atoms with Crippen molar-refractivity contribution in [3.63, 3.8) is 0 Å². The zero-order valence-electron chi connectivity index (χ0n) is 11.2. The van der Waals surface area contributed by atoms with Crippen LogP contribution in [-0.4, -0.2) is 43.1 Å². The molecule has 1 aromatic rings. The minimum Gasteiger partial charge on any atom is -0.304 e. The Morgan fingerprint density at radius 3 is 2.33 bits per heavy atom. The van der Waals surface area contributed by atoms with E-state index in [0.717, 1.165) is 38.2 Å². The Bertz CT molecular complexity index is 358. The number of rotatable bonds is 4. The van der Waals surface area contributed by atoms with Gasteiger partial charge in [0.25, 0.3) is 0 Å². The van der Waals surface area contributed by atoms with Gasteiger partial charge < -0.3 is 4.90 Å². The van der Waals surface area contributed by atoms with Gasteiger partial charge in [-0.15, -0.1) is 0 Å². The summed E-state index contributed by atoms with van der Waals surface area (Å²) in [4.78, 5) is 2.33. The van der Waals surface area contributed by atoms with E-state index in [1.807, 2.05) is 12.1 Å². The molecule has 0 aliphatic carbocycles. The van der Waals surface area contributed by atoms with Crippen molar-refractivity contribution in [2.24, 2.45) is 0 Å². The van der Waals surface area contributed by atoms with Gasteiger partial charge in [0.15, 0.2) is 0 Å². The van der Waals surface area contributed by atoms with Crippen molar-refractivity contribution in [3.8, 4) is 0 Å². The first-order chi connectivity index (χ1) is 8.69. The SMILES string of the molecule is CCC(NN1CCN(C)CC1)c1ccc(F)cc1. The van der Waals surface area contributed by atoms with E-state index in [4.69, 9.17) is 0 Å². The summed E-state index contributed by atoms with van der Waals surface area (Å²) in [6, 6.07) is 7.07. The lowest BCUT2D eigenvalue weighted by molar-refractivity contribution is 0.0857. The second-order valence-electron chi connectivity index (χ2n) is 4.93. The standard InChI is InChI=1S/C14H22FN3/c1-3-14(12-4-6-13(15)7-5-12)16-18-10-8-17(2)9-11-18/h4-7,14,16H,3,8-11H2,1-2H3. The number of nitrogens with zero attached hydrogens (tertiary/aromatic N) is 2. The highest BCUT2D eigenvalue weighted by Crippen LogP contribution is 2.17. The summed E-state index contributed by atoms with van der Waals surface area (Å²) in [5, 5.41) is 2.28. The zero-order valence-corrected chi connectivity index (χ0v) is 11.2. The number of hydrogen-bond donors (Lipinski definition) is 1. The van der Waals surface area contributed by atoms with Crippen molar-refractivity contribution in [1.29, 1.82) is 0 Å². The minimum absolute atomic E-state index is 0.173. The maximum absolute atomic E-state index is 12.9. The summed E-state index contributed by atoms with van der Waals surface area (Å²) in [7, 11) is 2.15. The fraction of sp³-hybridized carbons (Fsp3) is 0.571. The molecule has 1 heterocycles. The second kappa shape index (κ2) is 6.27. The van der Waals surface area contributed by atoms with Gasteiger partial charge in [-0.3, -0.25) is 0 Å². The summed E-state index contributed by atoms with van der Waals surface area (Å²) in [5.74, 6) is -0.173. The van der Waals surface area contributed by atoms with Gasteiger partial charge in [0, 0.05) is 32.2 Å². The van der Waals surface area contributed by atoms with E-state index >= 15 is 0 Å². The first-order valence-corrected chi connectivity index (χ1v) is 6.64. The highest BCUT2D eigenvalue weighted by Gasteiger charge is 2.17. The van der Waals surface area contributed by atoms with E-state index in [-0.39, 0.29) is 11.9 Å². The largest absolute Gasteiger partial charge is 0.304 e. The van der Waals surface area contributed by atoms with Crippen LogP contribution in [0.15, 0.2) is 24.3 Å². The molecule has 1 aromatic carbocycles. The lowest BCUT2D eigenvalue weighted by Gasteiger charge is -2.35. The molecule has 1 fully saturated rings. The molecule has 0 aromatic heterocycles. The quantitative estimate of drug-likeness (QED) is 0.883. The van der Waals surface area contributed by atoms with Crippen LogP contribution in [0.25, 0.3) is 0 Å². The van der Waals surface area contributed by atoms with Crippen molar-refractivity contribution in [3.05, 3.63) is 35.6 Å². The van der Waals surface area contributed by atoms with Crippen LogP contribution in [0.5, 0.6) is 0 Å². The Hall–Kier alpha value is -0.970. The van der Waals surface area contributed by atoms with E-state index in [9.17, 15) is 4.39 Å². The minimum atomic E-state index is -0.173. The third-order valence-electron chi connectivity index (χ3n) is 3.52. The third kappa shape index (κ3) is 3.51. The van der Waals surface area contributed by atoms with Crippen LogP contribution in [-0.2, 0) is 0 Å². The molecule has 0 bridgehead atoms. The van der Waals surface area contributed by atoms with Crippen LogP contribution in [0.1, 0.15) is 24.9 Å². The average molecular weight is 251 g/mol. The summed E-state index contributed by atoms with van der Waals surface area (Å²) < 4.78 is 12.9. The van der Waals surface area contributed by atoms with Crippen molar-refractivity contribution in [2.75, 3.05) is 33.2 Å². The maximum Gasteiger partial charge on any atom is 0.123 e. The number of likely N-dealkylation sites (N-methyl/N-ethyl adjacent to an activating group) is 1. The van der Waals surface area contributed by atoms with Crippen LogP contribution in [0.4, 0.5) is 4.39 Å². The number of halogens is 1. The Morgan fingerprint density at radius 1 is 1.17 bits per heavy atom. The number of nitrogens with one attached hydrogen (secondary N) is 1. The van der Waals surface area contributed by atoms with Gasteiger partial charge >= 0.3 is 0 Å². The molecule has 0 saturated carbocycles. The number of hydrazine groups is 1. The third-order valence-corrected chi connectivity index (χ3v) is 3.52. The molecule has 1 aliphatic rings. The number of benzene rings is 1. The maximum atomic E-state index is 12.9. The van der Waals surface area contributed by atoms with Gasteiger partial charge in [-0.25, -0.2) is 14.8 Å². The molecule has 1 aliphatic heterocycles. The van der Waals surface area contributed by atoms with Gasteiger partial charge in [-0.2, -0.15) is 0 Å². The predicted octanol–water partition coefficient (Wildman–Crippen LogP) is 2.03. The van der Waals surface area contributed by atoms with E-state index in [1.165, 1.54) is 12.1 Å². The molecule has 1 N–H and O–H groups in total. The highest BCUT2D eigenvalue weighted by atomic mass is 19.1. The Balaban J connectivity index is 1.94. The van der Waals surface area contributed by atoms with Gasteiger partial charge in [0.1, 0.15) is 5.82 Å². The molecule has 100 valence electrons. The highest BCUT2D eigenvalue weighted by molar-refractivity contribution is 5.19. The normalized spacial score (nSPS) is 19.9. The van der Waals surface area contributed by atoms with Gasteiger partial charge in [0.2, 0.25) is 0 Å². The average Bonchev–Trinajstić information content (AvgIpc) is 2.39. The molecule has 18 heavy (non-hydrogen) atoms. The monoisotopic (exact) mass is 251 g/mol. The van der Waals surface area contributed by atoms with Crippen molar-refractivity contribution < 1.29 is 4.39 Å². The van der Waals surface area contributed by atoms with Crippen LogP contribution < -0.4 is 5.43 Å². The Kier molecular flexibility index (Phi) is 4.69. The first-order valence-electron chi connectivity index (χ1n) is 6.64. The van der Waals surface area contributed by atoms with Crippen LogP contribution in [0, 0.1) is 5.82 Å². The van der Waals surface area contributed by atoms with E-state index in [2.05, 4.69) is 29.3 Å². The smallest absolute Gasteiger partial charge is 0.123 e. The molecule has 4 heteroatoms. The molecule has 0 radical (unpaired) electrons. The summed E-state index contributed by atoms with van der Waals surface area (Å²) in [6.07, 6.45) is 0.998. The lowest BCUT2D eigenvalue weighted by Crippen LogP contribution is -2.51. The van der Waals surface area contributed by atoms with E-state index in [1.54, 1.807) is 0 Å². The van der Waals surface area contributed by atoms with Gasteiger partial charge in [0.05, 0.1) is 0 Å². The van der Waals surface area contributed by atoms with Crippen molar-refractivity contribution >= 4 is 0 Å². The Labute approximate surface area is 109 Å². The van der Waals surface area contributed by atoms with Crippen molar-refractivity contribution in [1.82, 2.24) is 15.3 Å². The zero-order chi connectivity index (χ0) is 13.0. The van der Waals surface area contributed by atoms with E-state index < -0.39 is 0 Å². The molecule has 3 nitrogen and oxygen atoms in total. The lowest BCUT2D eigenvalue weighted by atomic mass is 10.1. The second-order valence-corrected chi connectivity index (χ2v) is 4.93. The molecule has 2 rings (SSSR count). The van der Waals surface area contributed by atoms with Crippen LogP contribution in [0.3, 0.4) is 0 Å². The number of piperazine rings is 1. The summed E-state index contributed by atoms with van der Waals surface area (Å²) >= 11 is 0. The predicted molar refractivity (Wildman–Crippen MR) is 71.6 cm³/mol. The molecule has 1 atom stereocenters. The molecular weight excluding hydrogens is 229 g/mol. The Morgan fingerprint density at radius 2 is 1.78 bits per heavy atom. The van der Waals surface area contributed by atoms with Gasteiger partial charge in [-0.1, -0.05) is 19.1 Å². The van der Waals surface area contributed by atoms with Crippen LogP contribution >= 0.6 is 0 Å². The molecular formula is C14H22FN3. The van der Waals surface area contributed by atoms with E-state index in [0.29, 0.717) is 0 Å². The fourth-order valence-corrected chi connectivity index (χ4v) is 2.25. The molecule has 0 spiro atoms. The van der Waals surface area contributed by atoms with Crippen molar-refractivity contribution in [2.45, 2.75) is 19.4 Å². The van der Waals surface area contributed by atoms with Crippen LogP contribution in [0.2, 0.25) is 0 Å². The molecule has 0 amide bonds. The summed E-state index contributed by atoms with van der Waals surface area (Å²) in [5.41, 5.74) is 4.70.